The Bertz CT molecular complexity index is 37.1. The molecule has 0 amide bonds. The second-order valence-electron chi connectivity index (χ2n) is 3.41. The van der Waals surface area contributed by atoms with Gasteiger partial charge in [0, 0.05) is 0 Å². The molecule has 1 heteroatoms. The van der Waals surface area contributed by atoms with Crippen LogP contribution in [0.25, 0.3) is 0 Å². The van der Waals surface area contributed by atoms with Crippen molar-refractivity contribution in [3.05, 3.63) is 0 Å². The lowest BCUT2D eigenvalue weighted by Gasteiger charge is -1.86. The predicted molar refractivity (Wildman–Crippen MR) is 70.0 cm³/mol. The Hall–Kier alpha value is 0.350. The minimum absolute atomic E-state index is 0. The van der Waals surface area contributed by atoms with Gasteiger partial charge in [-0.3, -0.25) is 0 Å². The van der Waals surface area contributed by atoms with Gasteiger partial charge in [0.25, 0.3) is 0 Å². The third kappa shape index (κ3) is 32.8. The molecule has 0 radical (unpaired) electrons. The molecule has 0 saturated carbocycles. The summed E-state index contributed by atoms with van der Waals surface area (Å²) in [5.74, 6) is 0. The minimum Gasteiger partial charge on any atom is -0.197 e. The average molecular weight is 206 g/mol. The summed E-state index contributed by atoms with van der Waals surface area (Å²) in [6, 6.07) is 0. The van der Waals surface area contributed by atoms with Crippen LogP contribution in [-0.4, -0.2) is 0 Å². The van der Waals surface area contributed by atoms with E-state index >= 15 is 0 Å². The Morgan fingerprint density at radius 3 is 0.692 bits per heavy atom. The summed E-state index contributed by atoms with van der Waals surface area (Å²) in [5.41, 5.74) is 0. The molecule has 0 saturated heterocycles. The summed E-state index contributed by atoms with van der Waals surface area (Å²) in [5, 5.41) is 0. The van der Waals surface area contributed by atoms with Gasteiger partial charge in [-0.1, -0.05) is 79.1 Å². The van der Waals surface area contributed by atoms with Crippen LogP contribution in [0.2, 0.25) is 0 Å². The van der Waals surface area contributed by atoms with E-state index in [1.54, 1.807) is 0 Å². The van der Waals surface area contributed by atoms with Crippen molar-refractivity contribution in [1.82, 2.24) is 0 Å². The Kier molecular flexibility index (Phi) is 33.4. The van der Waals surface area contributed by atoms with Gasteiger partial charge in [0.2, 0.25) is 0 Å². The molecule has 0 aromatic heterocycles. The molecular formula is C12H30S. The van der Waals surface area contributed by atoms with Crippen LogP contribution >= 0.6 is 13.5 Å². The quantitative estimate of drug-likeness (QED) is 0.518. The molecule has 0 rings (SSSR count). The van der Waals surface area contributed by atoms with Crippen molar-refractivity contribution in [1.29, 1.82) is 0 Å². The molecule has 0 heterocycles. The zero-order valence-electron chi connectivity index (χ0n) is 10.2. The van der Waals surface area contributed by atoms with Crippen molar-refractivity contribution in [2.75, 3.05) is 0 Å². The highest BCUT2D eigenvalue weighted by atomic mass is 32.1. The Morgan fingerprint density at radius 1 is 0.462 bits per heavy atom. The third-order valence-electron chi connectivity index (χ3n) is 1.91. The fourth-order valence-corrected chi connectivity index (χ4v) is 1.000. The van der Waals surface area contributed by atoms with Crippen LogP contribution in [0.4, 0.5) is 0 Å². The van der Waals surface area contributed by atoms with E-state index in [9.17, 15) is 0 Å². The first kappa shape index (κ1) is 19.0. The van der Waals surface area contributed by atoms with Crippen LogP contribution in [0.1, 0.15) is 79.1 Å². The molecule has 0 aliphatic rings. The maximum Gasteiger partial charge on any atom is -0.0536 e. The van der Waals surface area contributed by atoms with Gasteiger partial charge in [-0.25, -0.2) is 0 Å². The summed E-state index contributed by atoms with van der Waals surface area (Å²) in [4.78, 5) is 0. The van der Waals surface area contributed by atoms with Crippen LogP contribution in [0, 0.1) is 0 Å². The number of hydrogen-bond donors (Lipinski definition) is 0. The Labute approximate surface area is 93.0 Å². The van der Waals surface area contributed by atoms with Crippen molar-refractivity contribution < 1.29 is 0 Å². The largest absolute Gasteiger partial charge is 0.197 e. The number of hydrogen-bond acceptors (Lipinski definition) is 0. The Balaban J connectivity index is -0.000000143. The molecule has 0 fully saturated rings. The van der Waals surface area contributed by atoms with Crippen LogP contribution in [-0.2, 0) is 0 Å². The van der Waals surface area contributed by atoms with Gasteiger partial charge < -0.3 is 0 Å². The first-order chi connectivity index (χ1) is 5.83. The summed E-state index contributed by atoms with van der Waals surface area (Å²) in [6.45, 7) is 8.93. The SMILES string of the molecule is CCCCCC.CCCCCC.S. The third-order valence-corrected chi connectivity index (χ3v) is 1.91. The molecule has 0 N–H and O–H groups in total. The Morgan fingerprint density at radius 2 is 0.615 bits per heavy atom. The van der Waals surface area contributed by atoms with E-state index < -0.39 is 0 Å². The molecule has 0 nitrogen and oxygen atoms in total. The van der Waals surface area contributed by atoms with Crippen LogP contribution in [0.15, 0.2) is 0 Å². The smallest absolute Gasteiger partial charge is 0.0536 e. The molecule has 0 aliphatic carbocycles. The van der Waals surface area contributed by atoms with Gasteiger partial charge in [-0.15, -0.1) is 0 Å². The first-order valence-corrected chi connectivity index (χ1v) is 5.83. The van der Waals surface area contributed by atoms with E-state index in [1.807, 2.05) is 0 Å². The summed E-state index contributed by atoms with van der Waals surface area (Å²) in [7, 11) is 0. The summed E-state index contributed by atoms with van der Waals surface area (Å²) >= 11 is 0. The maximum absolute atomic E-state index is 2.23. The molecule has 0 unspecified atom stereocenters. The first-order valence-electron chi connectivity index (χ1n) is 5.83. The number of rotatable bonds is 6. The van der Waals surface area contributed by atoms with Crippen LogP contribution in [0.3, 0.4) is 0 Å². The molecule has 0 atom stereocenters. The van der Waals surface area contributed by atoms with E-state index in [-0.39, 0.29) is 13.5 Å². The zero-order valence-corrected chi connectivity index (χ0v) is 11.2. The molecule has 0 aromatic rings. The minimum atomic E-state index is 0. The summed E-state index contributed by atoms with van der Waals surface area (Å²) in [6.07, 6.45) is 11.1. The molecule has 0 bridgehead atoms. The lowest BCUT2D eigenvalue weighted by atomic mass is 10.2. The second kappa shape index (κ2) is 22.8. The van der Waals surface area contributed by atoms with Gasteiger partial charge in [0.05, 0.1) is 0 Å². The van der Waals surface area contributed by atoms with Gasteiger partial charge in [-0.2, -0.15) is 13.5 Å². The van der Waals surface area contributed by atoms with Crippen molar-refractivity contribution >= 4 is 13.5 Å². The highest BCUT2D eigenvalue weighted by Crippen LogP contribution is 1.95. The molecule has 0 aromatic carbocycles. The van der Waals surface area contributed by atoms with E-state index in [2.05, 4.69) is 27.7 Å². The second-order valence-corrected chi connectivity index (χ2v) is 3.41. The molecule has 84 valence electrons. The molecule has 13 heavy (non-hydrogen) atoms. The van der Waals surface area contributed by atoms with Crippen molar-refractivity contribution in [3.63, 3.8) is 0 Å². The topological polar surface area (TPSA) is 0 Å². The lowest BCUT2D eigenvalue weighted by Crippen LogP contribution is -1.66. The standard InChI is InChI=1S/2C6H14.H2S/c2*1-3-5-6-4-2;/h2*3-6H2,1-2H3;1H2. The average Bonchev–Trinajstić information content (AvgIpc) is 2.12. The zero-order chi connectivity index (χ0) is 9.66. The van der Waals surface area contributed by atoms with Gasteiger partial charge in [0.15, 0.2) is 0 Å². The monoisotopic (exact) mass is 206 g/mol. The van der Waals surface area contributed by atoms with Gasteiger partial charge >= 0.3 is 0 Å². The summed E-state index contributed by atoms with van der Waals surface area (Å²) < 4.78 is 0. The number of unbranched alkanes of at least 4 members (excludes halogenated alkanes) is 6. The van der Waals surface area contributed by atoms with Gasteiger partial charge in [0.1, 0.15) is 0 Å². The molecule has 0 spiro atoms. The molecule has 0 aliphatic heterocycles. The molecular weight excluding hydrogens is 176 g/mol. The van der Waals surface area contributed by atoms with E-state index in [0.29, 0.717) is 0 Å². The fourth-order valence-electron chi connectivity index (χ4n) is 1.000. The van der Waals surface area contributed by atoms with E-state index in [0.717, 1.165) is 0 Å². The highest BCUT2D eigenvalue weighted by molar-refractivity contribution is 7.59. The van der Waals surface area contributed by atoms with Crippen LogP contribution in [0.5, 0.6) is 0 Å². The lowest BCUT2D eigenvalue weighted by molar-refractivity contribution is 0.702. The maximum atomic E-state index is 2.23. The van der Waals surface area contributed by atoms with Gasteiger partial charge in [-0.05, 0) is 0 Å². The van der Waals surface area contributed by atoms with E-state index in [1.165, 1.54) is 51.4 Å². The van der Waals surface area contributed by atoms with Crippen molar-refractivity contribution in [3.8, 4) is 0 Å². The normalized spacial score (nSPS) is 8.31. The van der Waals surface area contributed by atoms with Crippen molar-refractivity contribution in [2.45, 2.75) is 79.1 Å². The fraction of sp³-hybridized carbons (Fsp3) is 1.00. The van der Waals surface area contributed by atoms with Crippen LogP contribution < -0.4 is 0 Å². The highest BCUT2D eigenvalue weighted by Gasteiger charge is 1.75. The van der Waals surface area contributed by atoms with Crippen molar-refractivity contribution in [2.24, 2.45) is 0 Å². The van der Waals surface area contributed by atoms with E-state index in [4.69, 9.17) is 0 Å². The predicted octanol–water partition coefficient (Wildman–Crippen LogP) is 5.29.